The molecular weight excluding hydrogens is 176 g/mol. The first kappa shape index (κ1) is 11.0. The summed E-state index contributed by atoms with van der Waals surface area (Å²) in [6.07, 6.45) is 9.85. The van der Waals surface area contributed by atoms with Crippen molar-refractivity contribution in [1.82, 2.24) is 0 Å². The van der Waals surface area contributed by atoms with Crippen molar-refractivity contribution in [2.75, 3.05) is 0 Å². The zero-order valence-electron chi connectivity index (χ0n) is 7.42. The number of hydrogen-bond acceptors (Lipinski definition) is 0. The van der Waals surface area contributed by atoms with E-state index in [0.29, 0.717) is 5.41 Å². The van der Waals surface area contributed by atoms with Crippen LogP contribution in [-0.4, -0.2) is 0 Å². The molecule has 0 amide bonds. The fourth-order valence-corrected chi connectivity index (χ4v) is 1.14. The molecule has 0 nitrogen and oxygen atoms in total. The molecule has 1 aliphatic carbocycles. The van der Waals surface area contributed by atoms with Crippen LogP contribution in [0.5, 0.6) is 0 Å². The van der Waals surface area contributed by atoms with Crippen molar-refractivity contribution in [3.63, 3.8) is 0 Å². The molecule has 11 heavy (non-hydrogen) atoms. The van der Waals surface area contributed by atoms with E-state index < -0.39 is 0 Å². The summed E-state index contributed by atoms with van der Waals surface area (Å²) >= 11 is 0. The molecule has 0 aromatic rings. The second-order valence-corrected chi connectivity index (χ2v) is 4.05. The van der Waals surface area contributed by atoms with Gasteiger partial charge in [-0.25, -0.2) is 11.6 Å². The Kier molecular flexibility index (Phi) is 4.13. The summed E-state index contributed by atoms with van der Waals surface area (Å²) in [6, 6.07) is 0. The van der Waals surface area contributed by atoms with Gasteiger partial charge in [-0.3, -0.25) is 6.08 Å². The van der Waals surface area contributed by atoms with Crippen LogP contribution >= 0.6 is 0 Å². The van der Waals surface area contributed by atoms with E-state index in [4.69, 9.17) is 0 Å². The average molecular weight is 191 g/mol. The van der Waals surface area contributed by atoms with E-state index in [1.54, 1.807) is 0 Å². The first-order chi connectivity index (χ1) is 4.58. The van der Waals surface area contributed by atoms with Gasteiger partial charge in [-0.2, -0.15) is 6.08 Å². The normalized spacial score (nSPS) is 16.1. The first-order valence-corrected chi connectivity index (χ1v) is 3.84. The van der Waals surface area contributed by atoms with Gasteiger partial charge < -0.3 is 0 Å². The van der Waals surface area contributed by atoms with Gasteiger partial charge in [0.1, 0.15) is 0 Å². The molecule has 64 valence electrons. The minimum Gasteiger partial charge on any atom is -0.269 e. The summed E-state index contributed by atoms with van der Waals surface area (Å²) in [5.74, 6) is 0. The maximum atomic E-state index is 3.32. The van der Waals surface area contributed by atoms with Gasteiger partial charge in [0, 0.05) is 17.1 Å². The molecule has 0 radical (unpaired) electrons. The van der Waals surface area contributed by atoms with E-state index in [-0.39, 0.29) is 17.1 Å². The van der Waals surface area contributed by atoms with Crippen LogP contribution < -0.4 is 0 Å². The Hall–Kier alpha value is -0.000519. The van der Waals surface area contributed by atoms with Gasteiger partial charge in [-0.1, -0.05) is 27.2 Å². The molecular formula is C10H15Fe-. The van der Waals surface area contributed by atoms with E-state index in [1.165, 1.54) is 5.57 Å². The third-order valence-electron chi connectivity index (χ3n) is 1.49. The predicted octanol–water partition coefficient (Wildman–Crippen LogP) is 3.11. The van der Waals surface area contributed by atoms with Crippen LogP contribution in [0.4, 0.5) is 0 Å². The topological polar surface area (TPSA) is 0 Å². The molecule has 0 bridgehead atoms. The molecule has 0 aromatic carbocycles. The molecule has 0 heterocycles. The third kappa shape index (κ3) is 4.44. The standard InChI is InChI=1S/C10H15.Fe/c1-10(2,3)8-9-6-4-5-7-9;/h4,6H,5,8H2,1-3H3;/q-1;. The number of hydrogen-bond donors (Lipinski definition) is 0. The molecule has 1 aliphatic rings. The van der Waals surface area contributed by atoms with Crippen molar-refractivity contribution in [3.8, 4) is 0 Å². The summed E-state index contributed by atoms with van der Waals surface area (Å²) in [6.45, 7) is 6.77. The van der Waals surface area contributed by atoms with Crippen LogP contribution in [0.25, 0.3) is 0 Å². The molecule has 0 aliphatic heterocycles. The summed E-state index contributed by atoms with van der Waals surface area (Å²) in [5, 5.41) is 0. The summed E-state index contributed by atoms with van der Waals surface area (Å²) < 4.78 is 0. The SMILES string of the molecule is CC(C)(C)CC1=[C-]CC=C1.[Fe]. The Morgan fingerprint density at radius 3 is 2.45 bits per heavy atom. The predicted molar refractivity (Wildman–Crippen MR) is 44.6 cm³/mol. The molecule has 1 rings (SSSR count). The fraction of sp³-hybridized carbons (Fsp3) is 0.600. The molecule has 0 spiro atoms. The minimum absolute atomic E-state index is 0. The Balaban J connectivity index is 0.000001000. The van der Waals surface area contributed by atoms with Gasteiger partial charge in [0.2, 0.25) is 0 Å². The smallest absolute Gasteiger partial charge is 0 e. The molecule has 0 saturated heterocycles. The third-order valence-corrected chi connectivity index (χ3v) is 1.49. The monoisotopic (exact) mass is 191 g/mol. The molecule has 0 aromatic heterocycles. The van der Waals surface area contributed by atoms with Gasteiger partial charge in [-0.15, -0.1) is 6.42 Å². The van der Waals surface area contributed by atoms with Crippen LogP contribution in [0.15, 0.2) is 17.7 Å². The summed E-state index contributed by atoms with van der Waals surface area (Å²) in [5.41, 5.74) is 1.80. The maximum absolute atomic E-state index is 3.32. The van der Waals surface area contributed by atoms with Crippen LogP contribution in [-0.2, 0) is 17.1 Å². The Labute approximate surface area is 80.2 Å². The van der Waals surface area contributed by atoms with E-state index in [1.807, 2.05) is 0 Å². The fourth-order valence-electron chi connectivity index (χ4n) is 1.14. The van der Waals surface area contributed by atoms with Gasteiger partial charge in [-0.05, 0) is 5.41 Å². The molecule has 0 atom stereocenters. The van der Waals surface area contributed by atoms with Crippen molar-refractivity contribution in [1.29, 1.82) is 0 Å². The van der Waals surface area contributed by atoms with Gasteiger partial charge in [0.05, 0.1) is 0 Å². The molecule has 0 fully saturated rings. The Morgan fingerprint density at radius 2 is 2.09 bits per heavy atom. The minimum atomic E-state index is 0. The van der Waals surface area contributed by atoms with Gasteiger partial charge in [0.15, 0.2) is 0 Å². The van der Waals surface area contributed by atoms with E-state index in [0.717, 1.165) is 12.8 Å². The van der Waals surface area contributed by atoms with Gasteiger partial charge >= 0.3 is 0 Å². The van der Waals surface area contributed by atoms with Crippen LogP contribution in [0.1, 0.15) is 33.6 Å². The Bertz CT molecular complexity index is 170. The van der Waals surface area contributed by atoms with Crippen molar-refractivity contribution in [3.05, 3.63) is 23.8 Å². The molecule has 1 heteroatoms. The van der Waals surface area contributed by atoms with E-state index in [2.05, 4.69) is 39.0 Å². The largest absolute Gasteiger partial charge is 0.269 e. The van der Waals surface area contributed by atoms with Crippen LogP contribution in [0.2, 0.25) is 0 Å². The summed E-state index contributed by atoms with van der Waals surface area (Å²) in [4.78, 5) is 0. The summed E-state index contributed by atoms with van der Waals surface area (Å²) in [7, 11) is 0. The van der Waals surface area contributed by atoms with Crippen molar-refractivity contribution in [2.24, 2.45) is 5.41 Å². The zero-order chi connectivity index (χ0) is 7.61. The molecule has 0 saturated carbocycles. The van der Waals surface area contributed by atoms with Crippen LogP contribution in [0, 0.1) is 11.5 Å². The molecule has 0 unspecified atom stereocenters. The van der Waals surface area contributed by atoms with Crippen LogP contribution in [0.3, 0.4) is 0 Å². The second-order valence-electron chi connectivity index (χ2n) is 4.05. The van der Waals surface area contributed by atoms with Crippen molar-refractivity contribution in [2.45, 2.75) is 33.6 Å². The van der Waals surface area contributed by atoms with E-state index in [9.17, 15) is 0 Å². The quantitative estimate of drug-likeness (QED) is 0.441. The number of rotatable bonds is 1. The maximum Gasteiger partial charge on any atom is 0 e. The Morgan fingerprint density at radius 1 is 1.45 bits per heavy atom. The van der Waals surface area contributed by atoms with Crippen molar-refractivity contribution < 1.29 is 17.1 Å². The van der Waals surface area contributed by atoms with E-state index >= 15 is 0 Å². The second kappa shape index (κ2) is 4.13. The van der Waals surface area contributed by atoms with Crippen molar-refractivity contribution >= 4 is 0 Å². The zero-order valence-corrected chi connectivity index (χ0v) is 8.53. The van der Waals surface area contributed by atoms with Gasteiger partial charge in [0.25, 0.3) is 0 Å². The average Bonchev–Trinajstić information content (AvgIpc) is 2.12. The molecule has 0 N–H and O–H groups in total. The first-order valence-electron chi connectivity index (χ1n) is 3.84. The number of allylic oxidation sites excluding steroid dienone is 4.